The van der Waals surface area contributed by atoms with E-state index in [4.69, 9.17) is 0 Å². The van der Waals surface area contributed by atoms with Gasteiger partial charge in [-0.2, -0.15) is 17.4 Å². The molecule has 0 radical (unpaired) electrons. The number of hydrogen-bond donors (Lipinski definition) is 1. The van der Waals surface area contributed by atoms with Crippen LogP contribution in [0.5, 0.6) is 0 Å². The molecule has 4 nitrogen and oxygen atoms in total. The zero-order chi connectivity index (χ0) is 13.9. The van der Waals surface area contributed by atoms with E-state index in [9.17, 15) is 12.8 Å². The molecule has 1 aromatic rings. The van der Waals surface area contributed by atoms with Crippen LogP contribution < -0.4 is 4.72 Å². The van der Waals surface area contributed by atoms with Gasteiger partial charge in [0.25, 0.3) is 10.2 Å². The average Bonchev–Trinajstić information content (AvgIpc) is 2.38. The zero-order valence-corrected chi connectivity index (χ0v) is 11.8. The maximum atomic E-state index is 12.7. The standard InChI is InChI=1S/C13H19FN2O2S/c1-11-3-2-8-16(10-11)19(17,18)15-9-12-4-6-13(14)7-5-12/h4-7,11,15H,2-3,8-10H2,1H3. The number of halogens is 1. The fourth-order valence-corrected chi connectivity index (χ4v) is 3.58. The lowest BCUT2D eigenvalue weighted by Gasteiger charge is -2.29. The summed E-state index contributed by atoms with van der Waals surface area (Å²) in [7, 11) is -3.43. The van der Waals surface area contributed by atoms with E-state index in [1.807, 2.05) is 0 Å². The Hall–Kier alpha value is -0.980. The summed E-state index contributed by atoms with van der Waals surface area (Å²) in [4.78, 5) is 0. The normalized spacial score (nSPS) is 21.5. The first kappa shape index (κ1) is 14.4. The van der Waals surface area contributed by atoms with Crippen LogP contribution in [0.15, 0.2) is 24.3 Å². The second kappa shape index (κ2) is 5.98. The summed E-state index contributed by atoms with van der Waals surface area (Å²) in [6, 6.07) is 5.81. The van der Waals surface area contributed by atoms with Gasteiger partial charge in [-0.15, -0.1) is 0 Å². The van der Waals surface area contributed by atoms with Crippen molar-refractivity contribution in [3.8, 4) is 0 Å². The summed E-state index contributed by atoms with van der Waals surface area (Å²) >= 11 is 0. The first-order valence-corrected chi connectivity index (χ1v) is 7.90. The Morgan fingerprint density at radius 3 is 2.68 bits per heavy atom. The van der Waals surface area contributed by atoms with Crippen LogP contribution in [0.25, 0.3) is 0 Å². The van der Waals surface area contributed by atoms with Gasteiger partial charge in [-0.3, -0.25) is 0 Å². The third-order valence-corrected chi connectivity index (χ3v) is 4.85. The fourth-order valence-electron chi connectivity index (χ4n) is 2.23. The molecule has 6 heteroatoms. The van der Waals surface area contributed by atoms with Crippen LogP contribution in [-0.2, 0) is 16.8 Å². The quantitative estimate of drug-likeness (QED) is 0.919. The molecule has 2 rings (SSSR count). The van der Waals surface area contributed by atoms with Gasteiger partial charge in [-0.25, -0.2) is 4.39 Å². The highest BCUT2D eigenvalue weighted by Gasteiger charge is 2.26. The number of rotatable bonds is 4. The van der Waals surface area contributed by atoms with Gasteiger partial charge in [0.15, 0.2) is 0 Å². The molecule has 1 heterocycles. The molecule has 19 heavy (non-hydrogen) atoms. The molecule has 0 spiro atoms. The third kappa shape index (κ3) is 3.99. The van der Waals surface area contributed by atoms with Crippen LogP contribution in [-0.4, -0.2) is 25.8 Å². The minimum Gasteiger partial charge on any atom is -0.207 e. The molecule has 1 atom stereocenters. The lowest BCUT2D eigenvalue weighted by atomic mass is 10.0. The SMILES string of the molecule is CC1CCCN(S(=O)(=O)NCc2ccc(F)cc2)C1. The predicted molar refractivity (Wildman–Crippen MR) is 72.1 cm³/mol. The van der Waals surface area contributed by atoms with Gasteiger partial charge in [0.2, 0.25) is 0 Å². The number of piperidine rings is 1. The Morgan fingerprint density at radius 1 is 1.37 bits per heavy atom. The Kier molecular flexibility index (Phi) is 4.54. The van der Waals surface area contributed by atoms with Gasteiger partial charge in [0, 0.05) is 19.6 Å². The first-order chi connectivity index (χ1) is 8.97. The van der Waals surface area contributed by atoms with Gasteiger partial charge in [-0.1, -0.05) is 19.1 Å². The second-order valence-electron chi connectivity index (χ2n) is 5.06. The summed E-state index contributed by atoms with van der Waals surface area (Å²) in [6.07, 6.45) is 1.97. The van der Waals surface area contributed by atoms with E-state index in [0.29, 0.717) is 19.0 Å². The van der Waals surface area contributed by atoms with E-state index in [1.54, 1.807) is 12.1 Å². The topological polar surface area (TPSA) is 49.4 Å². The smallest absolute Gasteiger partial charge is 0.207 e. The highest BCUT2D eigenvalue weighted by molar-refractivity contribution is 7.87. The average molecular weight is 286 g/mol. The van der Waals surface area contributed by atoms with Gasteiger partial charge >= 0.3 is 0 Å². The molecule has 1 fully saturated rings. The van der Waals surface area contributed by atoms with E-state index in [2.05, 4.69) is 11.6 Å². The molecule has 0 bridgehead atoms. The summed E-state index contributed by atoms with van der Waals surface area (Å²) in [6.45, 7) is 3.39. The Bertz CT molecular complexity index is 516. The van der Waals surface area contributed by atoms with Crippen molar-refractivity contribution < 1.29 is 12.8 Å². The van der Waals surface area contributed by atoms with E-state index >= 15 is 0 Å². The minimum absolute atomic E-state index is 0.188. The fraction of sp³-hybridized carbons (Fsp3) is 0.538. The first-order valence-electron chi connectivity index (χ1n) is 6.46. The number of hydrogen-bond acceptors (Lipinski definition) is 2. The molecule has 1 aromatic carbocycles. The van der Waals surface area contributed by atoms with Crippen molar-refractivity contribution in [1.29, 1.82) is 0 Å². The molecule has 0 aliphatic carbocycles. The van der Waals surface area contributed by atoms with E-state index in [1.165, 1.54) is 16.4 Å². The van der Waals surface area contributed by atoms with Crippen molar-refractivity contribution >= 4 is 10.2 Å². The number of benzene rings is 1. The van der Waals surface area contributed by atoms with Gasteiger partial charge in [0.1, 0.15) is 5.82 Å². The molecule has 1 aliphatic rings. The van der Waals surface area contributed by atoms with Crippen LogP contribution in [0.1, 0.15) is 25.3 Å². The zero-order valence-electron chi connectivity index (χ0n) is 11.0. The van der Waals surface area contributed by atoms with Crippen LogP contribution >= 0.6 is 0 Å². The van der Waals surface area contributed by atoms with Crippen molar-refractivity contribution in [1.82, 2.24) is 9.03 Å². The lowest BCUT2D eigenvalue weighted by Crippen LogP contribution is -2.45. The van der Waals surface area contributed by atoms with Crippen LogP contribution in [0, 0.1) is 11.7 Å². The molecular formula is C13H19FN2O2S. The Labute approximate surface area is 113 Å². The van der Waals surface area contributed by atoms with Crippen molar-refractivity contribution in [3.05, 3.63) is 35.6 Å². The molecular weight excluding hydrogens is 267 g/mol. The molecule has 1 unspecified atom stereocenters. The molecule has 0 saturated carbocycles. The molecule has 1 N–H and O–H groups in total. The lowest BCUT2D eigenvalue weighted by molar-refractivity contribution is 0.278. The van der Waals surface area contributed by atoms with Gasteiger partial charge < -0.3 is 0 Å². The molecule has 0 amide bonds. The summed E-state index contributed by atoms with van der Waals surface area (Å²) in [5.41, 5.74) is 0.745. The van der Waals surface area contributed by atoms with E-state index < -0.39 is 10.2 Å². The molecule has 1 saturated heterocycles. The number of nitrogens with zero attached hydrogens (tertiary/aromatic N) is 1. The highest BCUT2D eigenvalue weighted by Crippen LogP contribution is 2.17. The molecule has 1 aliphatic heterocycles. The van der Waals surface area contributed by atoms with Crippen LogP contribution in [0.3, 0.4) is 0 Å². The maximum absolute atomic E-state index is 12.7. The molecule has 106 valence electrons. The van der Waals surface area contributed by atoms with E-state index in [0.717, 1.165) is 18.4 Å². The summed E-state index contributed by atoms with van der Waals surface area (Å²) in [5.74, 6) is 0.0765. The van der Waals surface area contributed by atoms with Crippen molar-refractivity contribution in [3.63, 3.8) is 0 Å². The third-order valence-electron chi connectivity index (χ3n) is 3.33. The van der Waals surface area contributed by atoms with Crippen LogP contribution in [0.2, 0.25) is 0 Å². The minimum atomic E-state index is -3.43. The monoisotopic (exact) mass is 286 g/mol. The second-order valence-corrected chi connectivity index (χ2v) is 6.81. The van der Waals surface area contributed by atoms with Crippen molar-refractivity contribution in [2.24, 2.45) is 5.92 Å². The highest BCUT2D eigenvalue weighted by atomic mass is 32.2. The number of nitrogens with one attached hydrogen (secondary N) is 1. The van der Waals surface area contributed by atoms with E-state index in [-0.39, 0.29) is 12.4 Å². The maximum Gasteiger partial charge on any atom is 0.279 e. The Balaban J connectivity index is 1.95. The molecule has 0 aromatic heterocycles. The predicted octanol–water partition coefficient (Wildman–Crippen LogP) is 1.89. The van der Waals surface area contributed by atoms with Gasteiger partial charge in [0.05, 0.1) is 0 Å². The van der Waals surface area contributed by atoms with Crippen molar-refractivity contribution in [2.45, 2.75) is 26.3 Å². The summed E-state index contributed by atoms with van der Waals surface area (Å²) < 4.78 is 41.0. The van der Waals surface area contributed by atoms with Crippen molar-refractivity contribution in [2.75, 3.05) is 13.1 Å². The largest absolute Gasteiger partial charge is 0.279 e. The van der Waals surface area contributed by atoms with Gasteiger partial charge in [-0.05, 0) is 36.5 Å². The Morgan fingerprint density at radius 2 is 2.05 bits per heavy atom. The summed E-state index contributed by atoms with van der Waals surface area (Å²) in [5, 5.41) is 0. The van der Waals surface area contributed by atoms with Crippen LogP contribution in [0.4, 0.5) is 4.39 Å².